The van der Waals surface area contributed by atoms with E-state index in [0.717, 1.165) is 10.0 Å². The van der Waals surface area contributed by atoms with Gasteiger partial charge in [-0.1, -0.05) is 0 Å². The number of aromatic nitrogens is 1. The number of rotatable bonds is 2. The molecule has 1 aromatic rings. The lowest BCUT2D eigenvalue weighted by molar-refractivity contribution is -0.120. The smallest absolute Gasteiger partial charge is 0.232 e. The predicted octanol–water partition coefficient (Wildman–Crippen LogP) is 1.06. The number of aryl methyl sites for hydroxylation is 1. The Balaban J connectivity index is 2.05. The molecule has 6 heteroatoms. The van der Waals surface area contributed by atoms with E-state index >= 15 is 0 Å². The van der Waals surface area contributed by atoms with Crippen LogP contribution in [-0.4, -0.2) is 30.1 Å². The van der Waals surface area contributed by atoms with E-state index in [1.54, 1.807) is 6.20 Å². The summed E-state index contributed by atoms with van der Waals surface area (Å²) in [6, 6.07) is 1.58. The lowest BCUT2D eigenvalue weighted by Crippen LogP contribution is -2.37. The standard InChI is InChI=1S/C11H14BrN3O2/c1-6-2-10(14-3-8(6)12)15-11(16)7-4-17-5-9(7)13/h2-3,7,9H,4-5,13H2,1H3,(H,14,15,16). The van der Waals surface area contributed by atoms with Gasteiger partial charge in [0, 0.05) is 16.7 Å². The minimum Gasteiger partial charge on any atom is -0.379 e. The van der Waals surface area contributed by atoms with Gasteiger partial charge < -0.3 is 15.8 Å². The average molecular weight is 300 g/mol. The molecule has 1 aliphatic heterocycles. The predicted molar refractivity (Wildman–Crippen MR) is 67.6 cm³/mol. The van der Waals surface area contributed by atoms with E-state index in [1.807, 2.05) is 13.0 Å². The lowest BCUT2D eigenvalue weighted by atomic mass is 10.0. The Hall–Kier alpha value is -0.980. The second-order valence-electron chi connectivity index (χ2n) is 4.12. The number of nitrogens with one attached hydrogen (secondary N) is 1. The third-order valence-corrected chi connectivity index (χ3v) is 3.59. The zero-order valence-corrected chi connectivity index (χ0v) is 11.0. The van der Waals surface area contributed by atoms with E-state index in [-0.39, 0.29) is 17.9 Å². The molecule has 92 valence electrons. The van der Waals surface area contributed by atoms with Gasteiger partial charge in [-0.3, -0.25) is 4.79 Å². The first-order valence-electron chi connectivity index (χ1n) is 5.34. The van der Waals surface area contributed by atoms with Crippen molar-refractivity contribution in [3.05, 3.63) is 22.3 Å². The number of nitrogens with zero attached hydrogens (tertiary/aromatic N) is 1. The number of halogens is 1. The van der Waals surface area contributed by atoms with Crippen molar-refractivity contribution in [1.29, 1.82) is 0 Å². The molecule has 5 nitrogen and oxygen atoms in total. The molecule has 2 unspecified atom stereocenters. The molecule has 2 atom stereocenters. The SMILES string of the molecule is Cc1cc(NC(=O)C2COCC2N)ncc1Br. The van der Waals surface area contributed by atoms with E-state index in [0.29, 0.717) is 19.0 Å². The average Bonchev–Trinajstić information content (AvgIpc) is 2.70. The number of hydrogen-bond acceptors (Lipinski definition) is 4. The molecule has 1 fully saturated rings. The van der Waals surface area contributed by atoms with Gasteiger partial charge in [0.25, 0.3) is 0 Å². The Bertz CT molecular complexity index is 439. The summed E-state index contributed by atoms with van der Waals surface area (Å²) in [5.41, 5.74) is 6.79. The molecule has 1 aliphatic rings. The van der Waals surface area contributed by atoms with Crippen LogP contribution in [-0.2, 0) is 9.53 Å². The van der Waals surface area contributed by atoms with Gasteiger partial charge in [-0.15, -0.1) is 0 Å². The molecule has 2 heterocycles. The third kappa shape index (κ3) is 2.83. The zero-order valence-electron chi connectivity index (χ0n) is 9.44. The minimum atomic E-state index is -0.291. The van der Waals surface area contributed by atoms with Crippen molar-refractivity contribution in [2.75, 3.05) is 18.5 Å². The minimum absolute atomic E-state index is 0.135. The van der Waals surface area contributed by atoms with Gasteiger partial charge in [0.15, 0.2) is 0 Å². The Morgan fingerprint density at radius 1 is 1.65 bits per heavy atom. The fourth-order valence-corrected chi connectivity index (χ4v) is 1.88. The second kappa shape index (κ2) is 5.12. The largest absolute Gasteiger partial charge is 0.379 e. The van der Waals surface area contributed by atoms with Crippen molar-refractivity contribution in [3.8, 4) is 0 Å². The van der Waals surface area contributed by atoms with Crippen molar-refractivity contribution in [2.24, 2.45) is 11.7 Å². The summed E-state index contributed by atoms with van der Waals surface area (Å²) in [6.45, 7) is 2.75. The molecule has 0 bridgehead atoms. The highest BCUT2D eigenvalue weighted by atomic mass is 79.9. The third-order valence-electron chi connectivity index (χ3n) is 2.76. The molecule has 1 amide bonds. The molecule has 17 heavy (non-hydrogen) atoms. The zero-order chi connectivity index (χ0) is 12.4. The summed E-state index contributed by atoms with van der Waals surface area (Å²) >= 11 is 3.36. The van der Waals surface area contributed by atoms with E-state index in [2.05, 4.69) is 26.2 Å². The molecule has 1 saturated heterocycles. The van der Waals surface area contributed by atoms with Crippen molar-refractivity contribution in [2.45, 2.75) is 13.0 Å². The molecule has 0 aromatic carbocycles. The van der Waals surface area contributed by atoms with Crippen LogP contribution in [0.5, 0.6) is 0 Å². The van der Waals surface area contributed by atoms with Gasteiger partial charge in [0.05, 0.1) is 19.1 Å². The maximum Gasteiger partial charge on any atom is 0.232 e. The van der Waals surface area contributed by atoms with Crippen LogP contribution in [0.1, 0.15) is 5.56 Å². The van der Waals surface area contributed by atoms with Crippen LogP contribution in [0.2, 0.25) is 0 Å². The highest BCUT2D eigenvalue weighted by Gasteiger charge is 2.31. The van der Waals surface area contributed by atoms with Crippen molar-refractivity contribution >= 4 is 27.7 Å². The van der Waals surface area contributed by atoms with Crippen LogP contribution >= 0.6 is 15.9 Å². The maximum atomic E-state index is 11.9. The van der Waals surface area contributed by atoms with E-state index in [9.17, 15) is 4.79 Å². The molecule has 0 saturated carbocycles. The van der Waals surface area contributed by atoms with Crippen molar-refractivity contribution < 1.29 is 9.53 Å². The quantitative estimate of drug-likeness (QED) is 0.856. The Kier molecular flexibility index (Phi) is 3.76. The highest BCUT2D eigenvalue weighted by Crippen LogP contribution is 2.19. The van der Waals surface area contributed by atoms with E-state index < -0.39 is 0 Å². The van der Waals surface area contributed by atoms with Crippen LogP contribution in [0.3, 0.4) is 0 Å². The first kappa shape index (κ1) is 12.5. The summed E-state index contributed by atoms with van der Waals surface area (Å²) < 4.78 is 6.07. The topological polar surface area (TPSA) is 77.2 Å². The maximum absolute atomic E-state index is 11.9. The number of anilines is 1. The van der Waals surface area contributed by atoms with Gasteiger partial charge in [-0.25, -0.2) is 4.98 Å². The summed E-state index contributed by atoms with van der Waals surface area (Å²) in [7, 11) is 0. The molecule has 0 aliphatic carbocycles. The van der Waals surface area contributed by atoms with Crippen LogP contribution in [0, 0.1) is 12.8 Å². The van der Waals surface area contributed by atoms with Crippen molar-refractivity contribution in [1.82, 2.24) is 4.98 Å². The first-order valence-corrected chi connectivity index (χ1v) is 6.13. The van der Waals surface area contributed by atoms with Gasteiger partial charge in [-0.2, -0.15) is 0 Å². The number of carbonyl (C=O) groups is 1. The number of nitrogens with two attached hydrogens (primary N) is 1. The molecule has 2 rings (SSSR count). The summed E-state index contributed by atoms with van der Waals surface area (Å²) in [4.78, 5) is 16.0. The van der Waals surface area contributed by atoms with Gasteiger partial charge in [-0.05, 0) is 34.5 Å². The molecule has 0 spiro atoms. The second-order valence-corrected chi connectivity index (χ2v) is 4.97. The summed E-state index contributed by atoms with van der Waals surface area (Å²) in [6.07, 6.45) is 1.66. The van der Waals surface area contributed by atoms with E-state index in [4.69, 9.17) is 10.5 Å². The number of carbonyl (C=O) groups excluding carboxylic acids is 1. The lowest BCUT2D eigenvalue weighted by Gasteiger charge is -2.13. The van der Waals surface area contributed by atoms with Gasteiger partial charge in [0.1, 0.15) is 5.82 Å². The van der Waals surface area contributed by atoms with E-state index in [1.165, 1.54) is 0 Å². The Morgan fingerprint density at radius 3 is 3.00 bits per heavy atom. The molecule has 3 N–H and O–H groups in total. The van der Waals surface area contributed by atoms with Gasteiger partial charge in [0.2, 0.25) is 5.91 Å². The monoisotopic (exact) mass is 299 g/mol. The first-order chi connectivity index (χ1) is 8.08. The molecular formula is C11H14BrN3O2. The fourth-order valence-electron chi connectivity index (χ4n) is 1.67. The highest BCUT2D eigenvalue weighted by molar-refractivity contribution is 9.10. The normalized spacial score (nSPS) is 23.7. The molecule has 0 radical (unpaired) electrons. The van der Waals surface area contributed by atoms with Crippen LogP contribution < -0.4 is 11.1 Å². The van der Waals surface area contributed by atoms with Crippen LogP contribution in [0.15, 0.2) is 16.7 Å². The fraction of sp³-hybridized carbons (Fsp3) is 0.455. The van der Waals surface area contributed by atoms with Crippen molar-refractivity contribution in [3.63, 3.8) is 0 Å². The number of ether oxygens (including phenoxy) is 1. The molecular weight excluding hydrogens is 286 g/mol. The number of amides is 1. The van der Waals surface area contributed by atoms with Crippen LogP contribution in [0.25, 0.3) is 0 Å². The number of hydrogen-bond donors (Lipinski definition) is 2. The summed E-state index contributed by atoms with van der Waals surface area (Å²) in [5.74, 6) is 0.111. The Labute approximate surface area is 108 Å². The number of pyridine rings is 1. The Morgan fingerprint density at radius 2 is 2.41 bits per heavy atom. The van der Waals surface area contributed by atoms with Crippen LogP contribution in [0.4, 0.5) is 5.82 Å². The van der Waals surface area contributed by atoms with Gasteiger partial charge >= 0.3 is 0 Å². The molecule has 1 aromatic heterocycles. The summed E-state index contributed by atoms with van der Waals surface area (Å²) in [5, 5.41) is 2.75.